The van der Waals surface area contributed by atoms with Gasteiger partial charge >= 0.3 is 12.6 Å². The molecule has 0 fully saturated rings. The molecule has 0 saturated heterocycles. The number of carbonyl (C=O) groups excluding carboxylic acids is 1. The van der Waals surface area contributed by atoms with Crippen molar-refractivity contribution in [1.82, 2.24) is 0 Å². The first kappa shape index (κ1) is 12.9. The zero-order valence-electron chi connectivity index (χ0n) is 9.16. The number of nitrogens with zero attached hydrogens (tertiary/aromatic N) is 1. The highest BCUT2D eigenvalue weighted by Gasteiger charge is 2.19. The summed E-state index contributed by atoms with van der Waals surface area (Å²) in [5.41, 5.74) is 0.139. The Hall–Kier alpha value is -2.16. The van der Waals surface area contributed by atoms with Crippen LogP contribution in [0.4, 0.5) is 8.78 Å². The van der Waals surface area contributed by atoms with E-state index in [1.807, 2.05) is 0 Å². The lowest BCUT2D eigenvalue weighted by atomic mass is 10.0. The zero-order valence-corrected chi connectivity index (χ0v) is 9.16. The predicted octanol–water partition coefficient (Wildman–Crippen LogP) is 2.25. The number of hydrogen-bond acceptors (Lipinski definition) is 4. The third kappa shape index (κ3) is 2.69. The van der Waals surface area contributed by atoms with E-state index in [1.54, 1.807) is 6.07 Å². The van der Waals surface area contributed by atoms with E-state index >= 15 is 0 Å². The van der Waals surface area contributed by atoms with Crippen molar-refractivity contribution in [3.8, 4) is 11.8 Å². The Morgan fingerprint density at radius 3 is 2.59 bits per heavy atom. The maximum absolute atomic E-state index is 12.1. The van der Waals surface area contributed by atoms with Gasteiger partial charge in [0.05, 0.1) is 18.2 Å². The number of hydrogen-bond donors (Lipinski definition) is 0. The average molecular weight is 241 g/mol. The molecule has 4 nitrogen and oxygen atoms in total. The van der Waals surface area contributed by atoms with E-state index in [4.69, 9.17) is 5.26 Å². The van der Waals surface area contributed by atoms with E-state index in [0.717, 1.165) is 7.11 Å². The first-order chi connectivity index (χ1) is 8.01. The van der Waals surface area contributed by atoms with E-state index in [1.165, 1.54) is 19.1 Å². The van der Waals surface area contributed by atoms with Gasteiger partial charge in [0, 0.05) is 5.56 Å². The molecule has 90 valence electrons. The molecule has 0 aliphatic rings. The van der Waals surface area contributed by atoms with Crippen molar-refractivity contribution in [1.29, 1.82) is 5.26 Å². The Kier molecular flexibility index (Phi) is 3.99. The summed E-state index contributed by atoms with van der Waals surface area (Å²) >= 11 is 0. The molecule has 0 aliphatic heterocycles. The minimum absolute atomic E-state index is 0.0518. The first-order valence-corrected chi connectivity index (χ1v) is 4.58. The van der Waals surface area contributed by atoms with Gasteiger partial charge in [-0.25, -0.2) is 4.79 Å². The van der Waals surface area contributed by atoms with Gasteiger partial charge in [0.25, 0.3) is 0 Å². The topological polar surface area (TPSA) is 59.3 Å². The van der Waals surface area contributed by atoms with Gasteiger partial charge in [0.2, 0.25) is 0 Å². The quantitative estimate of drug-likeness (QED) is 0.761. The summed E-state index contributed by atoms with van der Waals surface area (Å²) in [5, 5.41) is 8.81. The number of alkyl halides is 2. The van der Waals surface area contributed by atoms with Gasteiger partial charge < -0.3 is 9.47 Å². The molecule has 0 amide bonds. The molecule has 0 N–H and O–H groups in total. The van der Waals surface area contributed by atoms with E-state index in [0.29, 0.717) is 0 Å². The highest BCUT2D eigenvalue weighted by molar-refractivity contribution is 5.94. The molecular formula is C11H9F2NO3. The van der Waals surface area contributed by atoms with Crippen LogP contribution in [0.3, 0.4) is 0 Å². The van der Waals surface area contributed by atoms with Crippen molar-refractivity contribution >= 4 is 5.97 Å². The van der Waals surface area contributed by atoms with Crippen molar-refractivity contribution < 1.29 is 23.0 Å². The van der Waals surface area contributed by atoms with E-state index in [9.17, 15) is 13.6 Å². The van der Waals surface area contributed by atoms with Crippen molar-refractivity contribution in [3.05, 3.63) is 28.8 Å². The predicted molar refractivity (Wildman–Crippen MR) is 53.9 cm³/mol. The molecule has 0 aliphatic carbocycles. The van der Waals surface area contributed by atoms with Gasteiger partial charge in [-0.1, -0.05) is 0 Å². The van der Waals surface area contributed by atoms with Crippen LogP contribution in [-0.4, -0.2) is 19.7 Å². The molecule has 1 aromatic carbocycles. The van der Waals surface area contributed by atoms with Gasteiger partial charge in [-0.3, -0.25) is 0 Å². The Morgan fingerprint density at radius 2 is 2.12 bits per heavy atom. The zero-order chi connectivity index (χ0) is 13.0. The number of carbonyl (C=O) groups is 1. The Labute approximate surface area is 96.4 Å². The van der Waals surface area contributed by atoms with Crippen LogP contribution in [0.5, 0.6) is 5.75 Å². The summed E-state index contributed by atoms with van der Waals surface area (Å²) in [6.07, 6.45) is 0. The molecule has 0 heterocycles. The van der Waals surface area contributed by atoms with Crippen LogP contribution in [0.25, 0.3) is 0 Å². The second kappa shape index (κ2) is 5.25. The Balaban J connectivity index is 3.33. The summed E-state index contributed by atoms with van der Waals surface area (Å²) in [7, 11) is 1.14. The lowest BCUT2D eigenvalue weighted by Gasteiger charge is -2.11. The van der Waals surface area contributed by atoms with Crippen LogP contribution >= 0.6 is 0 Å². The monoisotopic (exact) mass is 241 g/mol. The van der Waals surface area contributed by atoms with Gasteiger partial charge in [-0.15, -0.1) is 0 Å². The molecule has 0 bridgehead atoms. The molecule has 0 atom stereocenters. The summed E-state index contributed by atoms with van der Waals surface area (Å²) in [6, 6.07) is 4.24. The van der Waals surface area contributed by atoms with Crippen molar-refractivity contribution in [2.45, 2.75) is 13.5 Å². The normalized spacial score (nSPS) is 9.88. The number of esters is 1. The highest BCUT2D eigenvalue weighted by atomic mass is 19.3. The molecule has 0 spiro atoms. The Bertz CT molecular complexity index is 480. The lowest BCUT2D eigenvalue weighted by Crippen LogP contribution is -2.10. The lowest BCUT2D eigenvalue weighted by molar-refractivity contribution is -0.0503. The average Bonchev–Trinajstić information content (AvgIpc) is 2.30. The summed E-state index contributed by atoms with van der Waals surface area (Å²) in [4.78, 5) is 11.4. The molecule has 6 heteroatoms. The minimum Gasteiger partial charge on any atom is -0.465 e. The standard InChI is InChI=1S/C11H9F2NO3/c1-6-8(17-11(12)13)4-3-7(5-14)9(6)10(15)16-2/h3-4,11H,1-2H3. The summed E-state index contributed by atoms with van der Waals surface area (Å²) < 4.78 is 32.9. The highest BCUT2D eigenvalue weighted by Crippen LogP contribution is 2.26. The summed E-state index contributed by atoms with van der Waals surface area (Å²) in [5.74, 6) is -0.918. The van der Waals surface area contributed by atoms with Crippen LogP contribution in [0.15, 0.2) is 12.1 Å². The van der Waals surface area contributed by atoms with Crippen LogP contribution in [-0.2, 0) is 4.74 Å². The summed E-state index contributed by atoms with van der Waals surface area (Å²) in [6.45, 7) is -1.59. The first-order valence-electron chi connectivity index (χ1n) is 4.58. The van der Waals surface area contributed by atoms with Crippen LogP contribution in [0.1, 0.15) is 21.5 Å². The Morgan fingerprint density at radius 1 is 1.47 bits per heavy atom. The molecule has 1 rings (SSSR count). The molecule has 0 unspecified atom stereocenters. The molecule has 0 aromatic heterocycles. The fraction of sp³-hybridized carbons (Fsp3) is 0.273. The molecule has 17 heavy (non-hydrogen) atoms. The third-order valence-electron chi connectivity index (χ3n) is 2.14. The van der Waals surface area contributed by atoms with Crippen molar-refractivity contribution in [3.63, 3.8) is 0 Å². The van der Waals surface area contributed by atoms with Gasteiger partial charge in [0.15, 0.2) is 0 Å². The van der Waals surface area contributed by atoms with Crippen LogP contribution in [0.2, 0.25) is 0 Å². The fourth-order valence-corrected chi connectivity index (χ4v) is 1.37. The van der Waals surface area contributed by atoms with Crippen molar-refractivity contribution in [2.75, 3.05) is 7.11 Å². The van der Waals surface area contributed by atoms with E-state index in [2.05, 4.69) is 9.47 Å². The fourth-order valence-electron chi connectivity index (χ4n) is 1.37. The van der Waals surface area contributed by atoms with Crippen LogP contribution in [0, 0.1) is 18.3 Å². The second-order valence-electron chi connectivity index (χ2n) is 3.09. The largest absolute Gasteiger partial charge is 0.465 e. The second-order valence-corrected chi connectivity index (χ2v) is 3.09. The number of rotatable bonds is 3. The maximum atomic E-state index is 12.1. The minimum atomic E-state index is -2.99. The molecular weight excluding hydrogens is 232 g/mol. The van der Waals surface area contributed by atoms with Crippen LogP contribution < -0.4 is 4.74 Å². The number of methoxy groups -OCH3 is 1. The van der Waals surface area contributed by atoms with Gasteiger partial charge in [-0.05, 0) is 19.1 Å². The van der Waals surface area contributed by atoms with Crippen molar-refractivity contribution in [2.24, 2.45) is 0 Å². The van der Waals surface area contributed by atoms with E-state index in [-0.39, 0.29) is 22.4 Å². The number of benzene rings is 1. The number of ether oxygens (including phenoxy) is 2. The smallest absolute Gasteiger partial charge is 0.387 e. The van der Waals surface area contributed by atoms with E-state index < -0.39 is 12.6 Å². The molecule has 0 radical (unpaired) electrons. The maximum Gasteiger partial charge on any atom is 0.387 e. The molecule has 1 aromatic rings. The SMILES string of the molecule is COC(=O)c1c(C#N)ccc(OC(F)F)c1C. The van der Waals surface area contributed by atoms with Gasteiger partial charge in [-0.2, -0.15) is 14.0 Å². The number of halogens is 2. The third-order valence-corrected chi connectivity index (χ3v) is 2.14. The molecule has 0 saturated carbocycles. The number of nitriles is 1. The van der Waals surface area contributed by atoms with Gasteiger partial charge in [0.1, 0.15) is 11.8 Å².